The summed E-state index contributed by atoms with van der Waals surface area (Å²) in [6.07, 6.45) is 0.904. The molecule has 0 saturated heterocycles. The zero-order valence-corrected chi connectivity index (χ0v) is 18.7. The van der Waals surface area contributed by atoms with Gasteiger partial charge in [0.25, 0.3) is 0 Å². The summed E-state index contributed by atoms with van der Waals surface area (Å²) in [5.41, 5.74) is 1.79. The van der Waals surface area contributed by atoms with Crippen molar-refractivity contribution in [1.82, 2.24) is 10.6 Å². The van der Waals surface area contributed by atoms with Gasteiger partial charge in [0.1, 0.15) is 5.82 Å². The molecule has 28 heavy (non-hydrogen) atoms. The third-order valence-corrected chi connectivity index (χ3v) is 4.63. The molecule has 0 heterocycles. The first-order valence-electron chi connectivity index (χ1n) is 9.16. The normalized spacial score (nSPS) is 18.1. The molecule has 2 aromatic rings. The van der Waals surface area contributed by atoms with Crippen molar-refractivity contribution in [3.8, 4) is 11.5 Å². The Morgan fingerprint density at radius 2 is 1.89 bits per heavy atom. The fraction of sp³-hybridized carbons (Fsp3) is 0.381. The van der Waals surface area contributed by atoms with Crippen molar-refractivity contribution in [2.24, 2.45) is 4.99 Å². The van der Waals surface area contributed by atoms with Gasteiger partial charge in [0.15, 0.2) is 17.5 Å². The van der Waals surface area contributed by atoms with Gasteiger partial charge in [-0.15, -0.1) is 24.0 Å². The maximum Gasteiger partial charge on any atom is 0.191 e. The van der Waals surface area contributed by atoms with E-state index in [9.17, 15) is 4.39 Å². The summed E-state index contributed by atoms with van der Waals surface area (Å²) in [5, 5.41) is 6.66. The van der Waals surface area contributed by atoms with E-state index in [2.05, 4.69) is 15.6 Å². The Morgan fingerprint density at radius 1 is 1.14 bits per heavy atom. The monoisotopic (exact) mass is 499 g/mol. The highest BCUT2D eigenvalue weighted by Gasteiger charge is 2.40. The summed E-state index contributed by atoms with van der Waals surface area (Å²) < 4.78 is 24.5. The first-order valence-corrected chi connectivity index (χ1v) is 9.16. The summed E-state index contributed by atoms with van der Waals surface area (Å²) in [6, 6.07) is 12.9. The summed E-state index contributed by atoms with van der Waals surface area (Å²) in [5.74, 6) is 2.16. The average molecular weight is 499 g/mol. The highest BCUT2D eigenvalue weighted by Crippen LogP contribution is 2.41. The summed E-state index contributed by atoms with van der Waals surface area (Å²) in [7, 11) is 3.23. The van der Waals surface area contributed by atoms with Crippen LogP contribution in [0.15, 0.2) is 47.5 Å². The van der Waals surface area contributed by atoms with Gasteiger partial charge in [-0.3, -0.25) is 0 Å². The predicted molar refractivity (Wildman–Crippen MR) is 120 cm³/mol. The van der Waals surface area contributed by atoms with Crippen LogP contribution in [0, 0.1) is 5.82 Å². The van der Waals surface area contributed by atoms with E-state index in [1.165, 1.54) is 6.07 Å². The van der Waals surface area contributed by atoms with E-state index in [1.54, 1.807) is 20.3 Å². The van der Waals surface area contributed by atoms with Crippen LogP contribution in [0.1, 0.15) is 30.4 Å². The highest BCUT2D eigenvalue weighted by atomic mass is 127. The Bertz CT molecular complexity index is 816. The van der Waals surface area contributed by atoms with Gasteiger partial charge in [0.2, 0.25) is 0 Å². The van der Waals surface area contributed by atoms with E-state index in [1.807, 2.05) is 37.3 Å². The Morgan fingerprint density at radius 3 is 2.57 bits per heavy atom. The van der Waals surface area contributed by atoms with E-state index in [4.69, 9.17) is 9.47 Å². The molecule has 0 radical (unpaired) electrons. The quantitative estimate of drug-likeness (QED) is 0.343. The largest absolute Gasteiger partial charge is 0.493 e. The molecule has 2 unspecified atom stereocenters. The summed E-state index contributed by atoms with van der Waals surface area (Å²) >= 11 is 0. The van der Waals surface area contributed by atoms with Gasteiger partial charge in [0, 0.05) is 18.5 Å². The zero-order valence-electron chi connectivity index (χ0n) is 16.4. The Hall–Kier alpha value is -2.03. The lowest BCUT2D eigenvalue weighted by atomic mass is 10.1. The van der Waals surface area contributed by atoms with Gasteiger partial charge in [-0.1, -0.05) is 24.3 Å². The number of benzene rings is 2. The van der Waals surface area contributed by atoms with Gasteiger partial charge >= 0.3 is 0 Å². The third kappa shape index (κ3) is 5.50. The van der Waals surface area contributed by atoms with Crippen molar-refractivity contribution in [3.63, 3.8) is 0 Å². The molecule has 0 bridgehead atoms. The summed E-state index contributed by atoms with van der Waals surface area (Å²) in [4.78, 5) is 4.65. The number of aliphatic imine (C=N–C) groups is 1. The van der Waals surface area contributed by atoms with Crippen molar-refractivity contribution in [2.75, 3.05) is 20.8 Å². The molecule has 5 nitrogen and oxygen atoms in total. The molecule has 0 aliphatic heterocycles. The lowest BCUT2D eigenvalue weighted by Gasteiger charge is -2.12. The minimum Gasteiger partial charge on any atom is -0.493 e. The highest BCUT2D eigenvalue weighted by molar-refractivity contribution is 14.0. The fourth-order valence-electron chi connectivity index (χ4n) is 3.12. The molecule has 2 N–H and O–H groups in total. The van der Waals surface area contributed by atoms with Crippen LogP contribution in [0.2, 0.25) is 0 Å². The van der Waals surface area contributed by atoms with E-state index in [-0.39, 0.29) is 41.8 Å². The Balaban J connectivity index is 0.00000280. The van der Waals surface area contributed by atoms with Crippen molar-refractivity contribution in [1.29, 1.82) is 0 Å². The van der Waals surface area contributed by atoms with E-state index < -0.39 is 0 Å². The zero-order chi connectivity index (χ0) is 19.2. The number of hydrogen-bond donors (Lipinski definition) is 2. The van der Waals surface area contributed by atoms with Crippen molar-refractivity contribution in [2.45, 2.75) is 31.8 Å². The molecule has 1 fully saturated rings. The Labute approximate surface area is 182 Å². The molecular weight excluding hydrogens is 472 g/mol. The molecule has 7 heteroatoms. The number of guanidine groups is 1. The van der Waals surface area contributed by atoms with Crippen LogP contribution in [0.5, 0.6) is 11.5 Å². The SMILES string of the molecule is CCNC(=NCc1ccc(OC)c(OC)c1)NC1CC1c1ccccc1F.I. The number of hydrogen-bond acceptors (Lipinski definition) is 3. The van der Waals surface area contributed by atoms with Gasteiger partial charge in [-0.05, 0) is 42.7 Å². The number of rotatable bonds is 7. The molecule has 1 aliphatic carbocycles. The first kappa shape index (κ1) is 22.3. The van der Waals surface area contributed by atoms with Crippen LogP contribution in [0.4, 0.5) is 4.39 Å². The summed E-state index contributed by atoms with van der Waals surface area (Å²) in [6.45, 7) is 3.29. The average Bonchev–Trinajstić information content (AvgIpc) is 3.45. The van der Waals surface area contributed by atoms with Crippen molar-refractivity contribution in [3.05, 3.63) is 59.4 Å². The third-order valence-electron chi connectivity index (χ3n) is 4.63. The standard InChI is InChI=1S/C21H26FN3O2.HI/c1-4-23-21(24-13-14-9-10-19(26-2)20(11-14)27-3)25-18-12-16(18)15-7-5-6-8-17(15)22;/h5-11,16,18H,4,12-13H2,1-3H3,(H2,23,24,25);1H. The minimum absolute atomic E-state index is 0. The first-order chi connectivity index (χ1) is 13.2. The van der Waals surface area contributed by atoms with Crippen LogP contribution in [0.25, 0.3) is 0 Å². The smallest absolute Gasteiger partial charge is 0.191 e. The fourth-order valence-corrected chi connectivity index (χ4v) is 3.12. The lowest BCUT2D eigenvalue weighted by molar-refractivity contribution is 0.354. The number of nitrogens with one attached hydrogen (secondary N) is 2. The Kier molecular flexibility index (Phi) is 8.35. The van der Waals surface area contributed by atoms with Gasteiger partial charge in [-0.25, -0.2) is 9.38 Å². The molecule has 1 aliphatic rings. The maximum atomic E-state index is 13.9. The van der Waals surface area contributed by atoms with Crippen molar-refractivity contribution < 1.29 is 13.9 Å². The minimum atomic E-state index is -0.140. The van der Waals surface area contributed by atoms with E-state index in [0.717, 1.165) is 30.1 Å². The molecule has 152 valence electrons. The second-order valence-corrected chi connectivity index (χ2v) is 6.50. The van der Waals surface area contributed by atoms with E-state index >= 15 is 0 Å². The second kappa shape index (κ2) is 10.5. The molecule has 0 amide bonds. The lowest BCUT2D eigenvalue weighted by Crippen LogP contribution is -2.39. The second-order valence-electron chi connectivity index (χ2n) is 6.50. The van der Waals surface area contributed by atoms with Crippen LogP contribution in [0.3, 0.4) is 0 Å². The number of halogens is 2. The number of methoxy groups -OCH3 is 2. The van der Waals surface area contributed by atoms with Gasteiger partial charge in [-0.2, -0.15) is 0 Å². The molecule has 0 spiro atoms. The van der Waals surface area contributed by atoms with Crippen molar-refractivity contribution >= 4 is 29.9 Å². The molecular formula is C21H27FIN3O2. The molecule has 1 saturated carbocycles. The van der Waals surface area contributed by atoms with Gasteiger partial charge in [0.05, 0.1) is 20.8 Å². The molecule has 0 aromatic heterocycles. The molecule has 3 rings (SSSR count). The predicted octanol–water partition coefficient (Wildman–Crippen LogP) is 4.07. The topological polar surface area (TPSA) is 54.9 Å². The van der Waals surface area contributed by atoms with Gasteiger partial charge < -0.3 is 20.1 Å². The van der Waals surface area contributed by atoms with Crippen LogP contribution in [-0.4, -0.2) is 32.8 Å². The molecule has 2 atom stereocenters. The number of ether oxygens (including phenoxy) is 2. The maximum absolute atomic E-state index is 13.9. The van der Waals surface area contributed by atoms with Crippen LogP contribution in [-0.2, 0) is 6.54 Å². The van der Waals surface area contributed by atoms with Crippen LogP contribution < -0.4 is 20.1 Å². The number of nitrogens with zero attached hydrogens (tertiary/aromatic N) is 1. The van der Waals surface area contributed by atoms with Crippen LogP contribution >= 0.6 is 24.0 Å². The van der Waals surface area contributed by atoms with E-state index in [0.29, 0.717) is 18.0 Å². The molecule has 2 aromatic carbocycles.